The van der Waals surface area contributed by atoms with Crippen LogP contribution in [0.25, 0.3) is 0 Å². The second-order valence-electron chi connectivity index (χ2n) is 1.46. The van der Waals surface area contributed by atoms with Crippen LogP contribution < -0.4 is 5.32 Å². The van der Waals surface area contributed by atoms with Gasteiger partial charge in [0.15, 0.2) is 0 Å². The summed E-state index contributed by atoms with van der Waals surface area (Å²) in [4.78, 5) is 0. The van der Waals surface area contributed by atoms with Crippen LogP contribution in [0.15, 0.2) is 0 Å². The predicted octanol–water partition coefficient (Wildman–Crippen LogP) is 1.74. The first-order valence-corrected chi connectivity index (χ1v) is 5.04. The Kier molecular flexibility index (Phi) is 9.77. The van der Waals surface area contributed by atoms with Crippen LogP contribution in [0.5, 0.6) is 0 Å². The molecule has 0 unspecified atom stereocenters. The number of thioether (sulfide) groups is 1. The minimum absolute atomic E-state index is 0.194. The molecule has 0 amide bonds. The van der Waals surface area contributed by atoms with Gasteiger partial charge in [-0.25, -0.2) is 0 Å². The van der Waals surface area contributed by atoms with Crippen molar-refractivity contribution in [3.8, 4) is 0 Å². The van der Waals surface area contributed by atoms with Gasteiger partial charge in [0.05, 0.1) is 5.34 Å². The topological polar surface area (TPSA) is 12.0 Å². The van der Waals surface area contributed by atoms with E-state index < -0.39 is 0 Å². The van der Waals surface area contributed by atoms with E-state index in [0.29, 0.717) is 0 Å². The lowest BCUT2D eigenvalue weighted by Gasteiger charge is -2.08. The number of halogens is 2. The number of hydrogen-bond donors (Lipinski definition) is 1. The van der Waals surface area contributed by atoms with Crippen molar-refractivity contribution in [3.05, 3.63) is 0 Å². The van der Waals surface area contributed by atoms with Gasteiger partial charge in [-0.3, -0.25) is 0 Å². The van der Waals surface area contributed by atoms with E-state index in [2.05, 4.69) is 5.32 Å². The van der Waals surface area contributed by atoms with Crippen LogP contribution in [0.1, 0.15) is 0 Å². The second kappa shape index (κ2) is 8.89. The Labute approximate surface area is 70.5 Å². The quantitative estimate of drug-likeness (QED) is 0.581. The molecule has 0 saturated carbocycles. The van der Waals surface area contributed by atoms with Crippen molar-refractivity contribution in [2.45, 2.75) is 0 Å². The molecule has 1 saturated heterocycles. The minimum Gasteiger partial charge on any atom is -0.315 e. The van der Waals surface area contributed by atoms with E-state index in [9.17, 15) is 0 Å². The summed E-state index contributed by atoms with van der Waals surface area (Å²) >= 11 is 11.6. The summed E-state index contributed by atoms with van der Waals surface area (Å²) in [6.07, 6.45) is 0. The van der Waals surface area contributed by atoms with Crippen molar-refractivity contribution in [2.24, 2.45) is 0 Å². The van der Waals surface area contributed by atoms with Gasteiger partial charge in [0.2, 0.25) is 0 Å². The third-order valence-corrected chi connectivity index (χ3v) is 1.83. The van der Waals surface area contributed by atoms with Crippen LogP contribution >= 0.6 is 35.0 Å². The summed E-state index contributed by atoms with van der Waals surface area (Å²) in [5, 5.41) is 3.46. The van der Waals surface area contributed by atoms with Gasteiger partial charge in [0.1, 0.15) is 0 Å². The van der Waals surface area contributed by atoms with E-state index in [-0.39, 0.29) is 5.34 Å². The molecule has 56 valence electrons. The Hall–Kier alpha value is 0.890. The van der Waals surface area contributed by atoms with E-state index >= 15 is 0 Å². The Morgan fingerprint density at radius 2 is 1.67 bits per heavy atom. The molecule has 1 rings (SSSR count). The number of nitrogens with one attached hydrogen (secondary N) is 1. The molecule has 0 atom stereocenters. The zero-order valence-corrected chi connectivity index (χ0v) is 7.53. The molecule has 0 bridgehead atoms. The van der Waals surface area contributed by atoms with Crippen LogP contribution in [0.2, 0.25) is 0 Å². The smallest absolute Gasteiger partial charge is 0.0967 e. The van der Waals surface area contributed by atoms with Gasteiger partial charge in [-0.15, -0.1) is 23.2 Å². The second-order valence-corrected chi connectivity index (χ2v) is 3.50. The Morgan fingerprint density at radius 3 is 1.78 bits per heavy atom. The lowest BCUT2D eigenvalue weighted by Crippen LogP contribution is -2.24. The van der Waals surface area contributed by atoms with Gasteiger partial charge in [-0.05, 0) is 0 Å². The monoisotopic (exact) mass is 187 g/mol. The molecule has 0 aromatic carbocycles. The zero-order valence-electron chi connectivity index (χ0n) is 5.20. The maximum Gasteiger partial charge on any atom is 0.0967 e. The molecule has 1 N–H and O–H groups in total. The van der Waals surface area contributed by atoms with Gasteiger partial charge in [0, 0.05) is 24.6 Å². The van der Waals surface area contributed by atoms with Crippen LogP contribution in [-0.2, 0) is 0 Å². The molecule has 1 aliphatic heterocycles. The molecular weight excluding hydrogens is 177 g/mol. The number of rotatable bonds is 0. The summed E-state index contributed by atoms with van der Waals surface area (Å²) in [5.41, 5.74) is 0. The Balaban J connectivity index is 0.000000187. The highest BCUT2D eigenvalue weighted by Gasteiger charge is 1.93. The molecule has 1 fully saturated rings. The third kappa shape index (κ3) is 8.89. The molecule has 0 spiro atoms. The van der Waals surface area contributed by atoms with Gasteiger partial charge in [0.25, 0.3) is 0 Å². The van der Waals surface area contributed by atoms with Crippen LogP contribution in [-0.4, -0.2) is 29.9 Å². The van der Waals surface area contributed by atoms with E-state index in [0.717, 1.165) is 0 Å². The fraction of sp³-hybridized carbons (Fsp3) is 1.00. The first kappa shape index (κ1) is 9.89. The van der Waals surface area contributed by atoms with Crippen molar-refractivity contribution >= 4 is 35.0 Å². The fourth-order valence-corrected chi connectivity index (χ4v) is 1.30. The van der Waals surface area contributed by atoms with Crippen LogP contribution in [0, 0.1) is 0 Å². The summed E-state index contributed by atoms with van der Waals surface area (Å²) in [7, 11) is 0. The maximum absolute atomic E-state index is 4.76. The van der Waals surface area contributed by atoms with Crippen LogP contribution in [0.4, 0.5) is 0 Å². The van der Waals surface area contributed by atoms with Crippen molar-refractivity contribution in [3.63, 3.8) is 0 Å². The summed E-state index contributed by atoms with van der Waals surface area (Å²) < 4.78 is 0. The van der Waals surface area contributed by atoms with Crippen molar-refractivity contribution in [1.29, 1.82) is 0 Å². The molecule has 9 heavy (non-hydrogen) atoms. The van der Waals surface area contributed by atoms with Crippen molar-refractivity contribution in [2.75, 3.05) is 29.9 Å². The average molecular weight is 188 g/mol. The highest BCUT2D eigenvalue weighted by Crippen LogP contribution is 1.99. The highest BCUT2D eigenvalue weighted by molar-refractivity contribution is 7.99. The molecule has 1 heterocycles. The lowest BCUT2D eigenvalue weighted by molar-refractivity contribution is 0.756. The van der Waals surface area contributed by atoms with Gasteiger partial charge < -0.3 is 5.32 Å². The lowest BCUT2D eigenvalue weighted by atomic mass is 10.6. The Morgan fingerprint density at radius 1 is 1.22 bits per heavy atom. The zero-order chi connectivity index (χ0) is 6.95. The molecule has 1 aliphatic rings. The van der Waals surface area contributed by atoms with Gasteiger partial charge in [-0.2, -0.15) is 11.8 Å². The molecule has 0 aromatic heterocycles. The summed E-state index contributed by atoms with van der Waals surface area (Å²) in [5.74, 6) is 2.61. The number of hydrogen-bond acceptors (Lipinski definition) is 2. The predicted molar refractivity (Wildman–Crippen MR) is 46.8 cm³/mol. The minimum atomic E-state index is 0.194. The van der Waals surface area contributed by atoms with Gasteiger partial charge in [-0.1, -0.05) is 0 Å². The standard InChI is InChI=1S/C4H9NS.CH2Cl2/c1-3-6-4-2-5-1;2-1-3/h5H,1-4H2;1H2. The van der Waals surface area contributed by atoms with E-state index in [4.69, 9.17) is 23.2 Å². The van der Waals surface area contributed by atoms with Gasteiger partial charge >= 0.3 is 0 Å². The third-order valence-electron chi connectivity index (χ3n) is 0.846. The summed E-state index contributed by atoms with van der Waals surface area (Å²) in [6, 6.07) is 0. The molecule has 0 aromatic rings. The summed E-state index contributed by atoms with van der Waals surface area (Å²) in [6.45, 7) is 2.43. The normalized spacial score (nSPS) is 18.0. The Bertz CT molecular complexity index is 38.7. The maximum atomic E-state index is 4.76. The first-order valence-electron chi connectivity index (χ1n) is 2.82. The number of alkyl halides is 2. The first-order chi connectivity index (χ1) is 4.41. The molecule has 1 nitrogen and oxygen atoms in total. The fourth-order valence-electron chi connectivity index (χ4n) is 0.516. The molecular formula is C5H11Cl2NS. The molecule has 0 aliphatic carbocycles. The molecule has 0 radical (unpaired) electrons. The SMILES string of the molecule is C1CSCCN1.ClCCl. The van der Waals surface area contributed by atoms with E-state index in [1.54, 1.807) is 0 Å². The van der Waals surface area contributed by atoms with E-state index in [1.807, 2.05) is 11.8 Å². The van der Waals surface area contributed by atoms with E-state index in [1.165, 1.54) is 24.6 Å². The van der Waals surface area contributed by atoms with Crippen LogP contribution in [0.3, 0.4) is 0 Å². The average Bonchev–Trinajstić information content (AvgIpc) is 1.93. The highest BCUT2D eigenvalue weighted by atomic mass is 35.5. The molecule has 4 heteroatoms. The van der Waals surface area contributed by atoms with Crippen molar-refractivity contribution in [1.82, 2.24) is 5.32 Å². The van der Waals surface area contributed by atoms with Crippen molar-refractivity contribution < 1.29 is 0 Å². The largest absolute Gasteiger partial charge is 0.315 e.